The number of nitrogens with one attached hydrogen (secondary N) is 1. The van der Waals surface area contributed by atoms with E-state index in [1.54, 1.807) is 24.3 Å². The van der Waals surface area contributed by atoms with Gasteiger partial charge in [0.25, 0.3) is 11.8 Å². The minimum absolute atomic E-state index is 0.250. The van der Waals surface area contributed by atoms with E-state index in [9.17, 15) is 9.59 Å². The maximum absolute atomic E-state index is 13.9. The molecule has 0 aliphatic rings. The third-order valence-electron chi connectivity index (χ3n) is 5.39. The molecule has 1 aromatic carbocycles. The summed E-state index contributed by atoms with van der Waals surface area (Å²) in [6.45, 7) is 11.1. The van der Waals surface area contributed by atoms with Gasteiger partial charge in [0.15, 0.2) is 11.8 Å². The molecule has 1 atom stereocenters. The van der Waals surface area contributed by atoms with E-state index in [1.165, 1.54) is 16.0 Å². The normalized spacial score (nSPS) is 12.4. The average Bonchev–Trinajstić information content (AvgIpc) is 3.53. The monoisotopic (exact) mass is 490 g/mol. The predicted molar refractivity (Wildman–Crippen MR) is 133 cm³/mol. The summed E-state index contributed by atoms with van der Waals surface area (Å²) in [6.07, 6.45) is 1.48. The highest BCUT2D eigenvalue weighted by Crippen LogP contribution is 2.32. The Labute approximate surface area is 209 Å². The van der Waals surface area contributed by atoms with E-state index < -0.39 is 17.5 Å². The van der Waals surface area contributed by atoms with Crippen LogP contribution in [0, 0.1) is 20.8 Å². The van der Waals surface area contributed by atoms with Crippen LogP contribution in [0.5, 0.6) is 0 Å². The van der Waals surface area contributed by atoms with Gasteiger partial charge < -0.3 is 14.2 Å². The summed E-state index contributed by atoms with van der Waals surface area (Å²) in [7, 11) is 0. The molecule has 0 fully saturated rings. The second-order valence-corrected chi connectivity index (χ2v) is 9.76. The maximum Gasteiger partial charge on any atom is 0.251 e. The zero-order valence-electron chi connectivity index (χ0n) is 21.3. The number of rotatable bonds is 7. The van der Waals surface area contributed by atoms with Gasteiger partial charge in [-0.15, -0.1) is 10.2 Å². The molecule has 0 aliphatic heterocycles. The number of furan rings is 2. The highest BCUT2D eigenvalue weighted by molar-refractivity contribution is 6.01. The fourth-order valence-electron chi connectivity index (χ4n) is 3.91. The number of aromatic nitrogens is 4. The quantitative estimate of drug-likeness (QED) is 0.413. The number of amides is 2. The minimum Gasteiger partial charge on any atom is -0.467 e. The van der Waals surface area contributed by atoms with Gasteiger partial charge in [-0.05, 0) is 82.7 Å². The number of carbonyl (C=O) groups is 2. The molecule has 4 aromatic rings. The summed E-state index contributed by atoms with van der Waals surface area (Å²) in [5, 5.41) is 15.3. The van der Waals surface area contributed by atoms with E-state index in [-0.39, 0.29) is 18.3 Å². The Kier molecular flexibility index (Phi) is 6.78. The topological polar surface area (TPSA) is 119 Å². The second kappa shape index (κ2) is 9.80. The Balaban J connectivity index is 1.74. The molecule has 0 bridgehead atoms. The van der Waals surface area contributed by atoms with Crippen molar-refractivity contribution in [3.63, 3.8) is 0 Å². The number of hydrogen-bond acceptors (Lipinski definition) is 7. The highest BCUT2D eigenvalue weighted by Gasteiger charge is 2.37. The van der Waals surface area contributed by atoms with E-state index in [0.29, 0.717) is 23.0 Å². The first-order valence-corrected chi connectivity index (χ1v) is 11.6. The molecule has 0 spiro atoms. The fourth-order valence-corrected chi connectivity index (χ4v) is 3.91. The van der Waals surface area contributed by atoms with Crippen LogP contribution in [0.25, 0.3) is 11.6 Å². The Hall–Kier alpha value is -4.21. The minimum atomic E-state index is -1.05. The summed E-state index contributed by atoms with van der Waals surface area (Å²) < 4.78 is 11.2. The van der Waals surface area contributed by atoms with Gasteiger partial charge in [-0.2, -0.15) is 4.80 Å². The van der Waals surface area contributed by atoms with Crippen LogP contribution in [-0.4, -0.2) is 37.6 Å². The van der Waals surface area contributed by atoms with Crippen molar-refractivity contribution in [3.8, 4) is 11.6 Å². The summed E-state index contributed by atoms with van der Waals surface area (Å²) in [6, 6.07) is 11.5. The second-order valence-electron chi connectivity index (χ2n) is 9.76. The Morgan fingerprint density at radius 2 is 1.89 bits per heavy atom. The third kappa shape index (κ3) is 5.54. The van der Waals surface area contributed by atoms with Crippen molar-refractivity contribution in [2.75, 3.05) is 4.90 Å². The van der Waals surface area contributed by atoms with Crippen LogP contribution in [0.1, 0.15) is 49.5 Å². The number of aryl methyl sites for hydroxylation is 3. The summed E-state index contributed by atoms with van der Waals surface area (Å²) in [5.41, 5.74) is 1.93. The highest BCUT2D eigenvalue weighted by atomic mass is 16.3. The molecule has 0 radical (unpaired) electrons. The molecule has 4 rings (SSSR count). The smallest absolute Gasteiger partial charge is 0.251 e. The molecule has 10 heteroatoms. The standard InChI is InChI=1S/C26H30N6O4/c1-16-9-11-19(17(2)14-16)32(23(20-8-7-13-35-20)25(34)27-26(4,5)6)22(33)15-31-29-24(28-30-31)21-12-10-18(3)36-21/h7-14,23H,15H2,1-6H3,(H,27,34). The van der Waals surface area contributed by atoms with E-state index in [2.05, 4.69) is 20.7 Å². The van der Waals surface area contributed by atoms with Gasteiger partial charge in [-0.25, -0.2) is 0 Å². The van der Waals surface area contributed by atoms with Crippen molar-refractivity contribution in [2.24, 2.45) is 0 Å². The number of nitrogens with zero attached hydrogens (tertiary/aromatic N) is 5. The number of carbonyl (C=O) groups excluding carboxylic acids is 2. The molecule has 10 nitrogen and oxygen atoms in total. The van der Waals surface area contributed by atoms with Gasteiger partial charge in [0.2, 0.25) is 5.82 Å². The lowest BCUT2D eigenvalue weighted by atomic mass is 10.0. The van der Waals surface area contributed by atoms with Crippen LogP contribution in [0.2, 0.25) is 0 Å². The molecule has 0 saturated carbocycles. The first-order valence-electron chi connectivity index (χ1n) is 11.6. The summed E-state index contributed by atoms with van der Waals surface area (Å²) >= 11 is 0. The fraction of sp³-hybridized carbons (Fsp3) is 0.346. The Bertz CT molecular complexity index is 1360. The molecule has 3 aromatic heterocycles. The van der Waals surface area contributed by atoms with Gasteiger partial charge in [-0.3, -0.25) is 14.5 Å². The molecule has 0 saturated heterocycles. The van der Waals surface area contributed by atoms with Crippen LogP contribution in [0.3, 0.4) is 0 Å². The molecule has 36 heavy (non-hydrogen) atoms. The Morgan fingerprint density at radius 1 is 1.11 bits per heavy atom. The molecular formula is C26H30N6O4. The number of anilines is 1. The molecule has 3 heterocycles. The van der Waals surface area contributed by atoms with Crippen molar-refractivity contribution < 1.29 is 18.4 Å². The SMILES string of the molecule is Cc1ccc(N(C(=O)Cn2nnc(-c3ccc(C)o3)n2)C(C(=O)NC(C)(C)C)c2ccco2)c(C)c1. The lowest BCUT2D eigenvalue weighted by molar-refractivity contribution is -0.128. The van der Waals surface area contributed by atoms with Gasteiger partial charge in [-0.1, -0.05) is 17.7 Å². The number of benzene rings is 1. The van der Waals surface area contributed by atoms with Gasteiger partial charge in [0.05, 0.1) is 6.26 Å². The van der Waals surface area contributed by atoms with Crippen LogP contribution >= 0.6 is 0 Å². The van der Waals surface area contributed by atoms with Crippen LogP contribution in [-0.2, 0) is 16.1 Å². The summed E-state index contributed by atoms with van der Waals surface area (Å²) in [4.78, 5) is 30.1. The maximum atomic E-state index is 13.9. The summed E-state index contributed by atoms with van der Waals surface area (Å²) in [5.74, 6) is 0.988. The van der Waals surface area contributed by atoms with E-state index in [4.69, 9.17) is 8.83 Å². The lowest BCUT2D eigenvalue weighted by Gasteiger charge is -2.33. The largest absolute Gasteiger partial charge is 0.467 e. The zero-order chi connectivity index (χ0) is 26.0. The van der Waals surface area contributed by atoms with Crippen molar-refractivity contribution in [1.29, 1.82) is 0 Å². The van der Waals surface area contributed by atoms with E-state index in [1.807, 2.05) is 59.7 Å². The number of hydrogen-bond donors (Lipinski definition) is 1. The van der Waals surface area contributed by atoms with Crippen LogP contribution in [0.15, 0.2) is 57.6 Å². The van der Waals surface area contributed by atoms with Crippen molar-refractivity contribution >= 4 is 17.5 Å². The molecule has 188 valence electrons. The Morgan fingerprint density at radius 3 is 2.50 bits per heavy atom. The zero-order valence-corrected chi connectivity index (χ0v) is 21.3. The predicted octanol–water partition coefficient (Wildman–Crippen LogP) is 4.14. The van der Waals surface area contributed by atoms with Crippen molar-refractivity contribution in [1.82, 2.24) is 25.5 Å². The van der Waals surface area contributed by atoms with Crippen molar-refractivity contribution in [2.45, 2.75) is 59.7 Å². The first kappa shape index (κ1) is 24.9. The first-order chi connectivity index (χ1) is 17.0. The molecule has 2 amide bonds. The molecule has 1 N–H and O–H groups in total. The molecular weight excluding hydrogens is 460 g/mol. The lowest BCUT2D eigenvalue weighted by Crippen LogP contribution is -2.50. The average molecular weight is 491 g/mol. The van der Waals surface area contributed by atoms with Gasteiger partial charge in [0.1, 0.15) is 18.1 Å². The van der Waals surface area contributed by atoms with Crippen molar-refractivity contribution in [3.05, 3.63) is 71.4 Å². The molecule has 0 aliphatic carbocycles. The van der Waals surface area contributed by atoms with E-state index in [0.717, 1.165) is 11.1 Å². The number of tetrazole rings is 1. The van der Waals surface area contributed by atoms with E-state index >= 15 is 0 Å². The third-order valence-corrected chi connectivity index (χ3v) is 5.39. The van der Waals surface area contributed by atoms with Crippen LogP contribution < -0.4 is 10.2 Å². The van der Waals surface area contributed by atoms with Crippen LogP contribution in [0.4, 0.5) is 5.69 Å². The van der Waals surface area contributed by atoms with Gasteiger partial charge in [0, 0.05) is 11.2 Å². The molecule has 1 unspecified atom stereocenters. The van der Waals surface area contributed by atoms with Gasteiger partial charge >= 0.3 is 0 Å².